The van der Waals surface area contributed by atoms with Crippen molar-refractivity contribution >= 4 is 11.7 Å². The largest absolute Gasteiger partial charge is 0.367 e. The third kappa shape index (κ3) is 4.59. The van der Waals surface area contributed by atoms with Crippen molar-refractivity contribution < 1.29 is 14.3 Å². The average molecular weight is 403 g/mol. The second-order valence-corrected chi connectivity index (χ2v) is 7.80. The van der Waals surface area contributed by atoms with Gasteiger partial charge in [-0.3, -0.25) is 9.59 Å². The maximum Gasteiger partial charge on any atom is 0.251 e. The number of fused-ring (bicyclic) bond motifs is 1. The molecule has 1 saturated heterocycles. The van der Waals surface area contributed by atoms with Gasteiger partial charge in [-0.15, -0.1) is 0 Å². The number of ether oxygens (including phenoxy) is 1. The molecule has 6 nitrogen and oxygen atoms in total. The highest BCUT2D eigenvalue weighted by atomic mass is 16.5. The van der Waals surface area contributed by atoms with Gasteiger partial charge < -0.3 is 15.4 Å². The fraction of sp³-hybridized carbons (Fsp3) is 0.375. The first-order chi connectivity index (χ1) is 14.6. The van der Waals surface area contributed by atoms with Crippen molar-refractivity contribution in [2.45, 2.75) is 37.8 Å². The maximum atomic E-state index is 12.4. The second kappa shape index (κ2) is 9.21. The molecule has 0 unspecified atom stereocenters. The van der Waals surface area contributed by atoms with Crippen LogP contribution in [-0.4, -0.2) is 43.5 Å². The number of hydrogen-bond acceptors (Lipinski definition) is 5. The number of ketones is 1. The minimum Gasteiger partial charge on any atom is -0.367 e. The topological polar surface area (TPSA) is 91.2 Å². The van der Waals surface area contributed by atoms with Crippen molar-refractivity contribution in [3.05, 3.63) is 59.2 Å². The van der Waals surface area contributed by atoms with E-state index in [0.717, 1.165) is 47.2 Å². The molecule has 154 valence electrons. The van der Waals surface area contributed by atoms with Crippen LogP contribution in [-0.2, 0) is 22.4 Å². The number of carbonyl (C=O) groups is 2. The summed E-state index contributed by atoms with van der Waals surface area (Å²) in [6.45, 7) is 1.83. The highest BCUT2D eigenvalue weighted by molar-refractivity contribution is 6.01. The number of amides is 1. The molecule has 2 aliphatic rings. The number of aryl methyl sites for hydroxylation is 1. The van der Waals surface area contributed by atoms with E-state index < -0.39 is 12.1 Å². The number of nitrogens with one attached hydrogen (secondary N) is 2. The number of carbonyl (C=O) groups excluding carboxylic acids is 2. The van der Waals surface area contributed by atoms with E-state index in [1.807, 2.05) is 42.5 Å². The summed E-state index contributed by atoms with van der Waals surface area (Å²) in [5.74, 6) is -0.0423. The normalized spacial score (nSPS) is 19.4. The number of rotatable bonds is 5. The van der Waals surface area contributed by atoms with Crippen LogP contribution >= 0.6 is 0 Å². The Kier molecular flexibility index (Phi) is 6.22. The van der Waals surface area contributed by atoms with Gasteiger partial charge in [0.1, 0.15) is 12.1 Å². The number of nitrogens with zero attached hydrogens (tertiary/aromatic N) is 1. The fourth-order valence-corrected chi connectivity index (χ4v) is 3.96. The maximum absolute atomic E-state index is 12.4. The smallest absolute Gasteiger partial charge is 0.251 e. The molecular weight excluding hydrogens is 378 g/mol. The van der Waals surface area contributed by atoms with Crippen LogP contribution < -0.4 is 10.6 Å². The summed E-state index contributed by atoms with van der Waals surface area (Å²) < 4.78 is 5.56. The lowest BCUT2D eigenvalue weighted by Gasteiger charge is -2.18. The summed E-state index contributed by atoms with van der Waals surface area (Å²) in [4.78, 5) is 24.4. The van der Waals surface area contributed by atoms with Gasteiger partial charge in [0, 0.05) is 31.6 Å². The lowest BCUT2D eigenvalue weighted by atomic mass is 9.98. The first-order valence-electron chi connectivity index (χ1n) is 10.4. The van der Waals surface area contributed by atoms with E-state index in [9.17, 15) is 14.9 Å². The monoisotopic (exact) mass is 403 g/mol. The molecule has 1 aliphatic heterocycles. The quantitative estimate of drug-likeness (QED) is 0.800. The Morgan fingerprint density at radius 2 is 2.00 bits per heavy atom. The predicted molar refractivity (Wildman–Crippen MR) is 113 cm³/mol. The molecule has 4 rings (SSSR count). The lowest BCUT2D eigenvalue weighted by molar-refractivity contribution is -0.132. The molecule has 0 saturated carbocycles. The van der Waals surface area contributed by atoms with Crippen LogP contribution in [0.25, 0.3) is 11.1 Å². The van der Waals surface area contributed by atoms with E-state index in [0.29, 0.717) is 26.0 Å². The van der Waals surface area contributed by atoms with Crippen LogP contribution in [0.1, 0.15) is 34.3 Å². The highest BCUT2D eigenvalue weighted by Crippen LogP contribution is 2.28. The van der Waals surface area contributed by atoms with Crippen molar-refractivity contribution in [1.82, 2.24) is 10.6 Å². The Labute approximate surface area is 176 Å². The number of hydrogen-bond donors (Lipinski definition) is 2. The summed E-state index contributed by atoms with van der Waals surface area (Å²) in [7, 11) is 0. The van der Waals surface area contributed by atoms with Crippen LogP contribution in [0.2, 0.25) is 0 Å². The molecule has 30 heavy (non-hydrogen) atoms. The Morgan fingerprint density at radius 1 is 1.20 bits per heavy atom. The SMILES string of the molecule is N#C[C@H](Cc1ccc(-c2ccc3c(c2)C(=O)CC3)cc1)NC(=O)[C@@H]1CNCCCO1. The van der Waals surface area contributed by atoms with Crippen molar-refractivity contribution in [3.8, 4) is 17.2 Å². The van der Waals surface area contributed by atoms with E-state index in [4.69, 9.17) is 4.74 Å². The Hall–Kier alpha value is -3.01. The van der Waals surface area contributed by atoms with Crippen molar-refractivity contribution in [2.24, 2.45) is 0 Å². The third-order valence-electron chi connectivity index (χ3n) is 5.67. The second-order valence-electron chi connectivity index (χ2n) is 7.80. The molecule has 1 fully saturated rings. The van der Waals surface area contributed by atoms with Gasteiger partial charge in [-0.05, 0) is 47.7 Å². The molecule has 6 heteroatoms. The summed E-state index contributed by atoms with van der Waals surface area (Å²) in [5.41, 5.74) is 4.96. The Morgan fingerprint density at radius 3 is 2.80 bits per heavy atom. The zero-order chi connectivity index (χ0) is 20.9. The fourth-order valence-electron chi connectivity index (χ4n) is 3.96. The van der Waals surface area contributed by atoms with E-state index in [1.54, 1.807) is 0 Å². The zero-order valence-corrected chi connectivity index (χ0v) is 16.8. The van der Waals surface area contributed by atoms with Crippen molar-refractivity contribution in [2.75, 3.05) is 19.7 Å². The molecule has 2 N–H and O–H groups in total. The van der Waals surface area contributed by atoms with E-state index in [-0.39, 0.29) is 11.7 Å². The lowest BCUT2D eigenvalue weighted by Crippen LogP contribution is -2.46. The van der Waals surface area contributed by atoms with Gasteiger partial charge in [0.25, 0.3) is 5.91 Å². The molecule has 0 radical (unpaired) electrons. The number of nitriles is 1. The molecule has 0 bridgehead atoms. The van der Waals surface area contributed by atoms with Gasteiger partial charge in [-0.2, -0.15) is 5.26 Å². The van der Waals surface area contributed by atoms with Crippen molar-refractivity contribution in [1.29, 1.82) is 5.26 Å². The zero-order valence-electron chi connectivity index (χ0n) is 16.8. The number of Topliss-reactive ketones (excluding diaryl/α,β-unsaturated/α-hetero) is 1. The van der Waals surface area contributed by atoms with Crippen LogP contribution in [0, 0.1) is 11.3 Å². The minimum absolute atomic E-state index is 0.212. The van der Waals surface area contributed by atoms with Gasteiger partial charge in [-0.1, -0.05) is 36.4 Å². The van der Waals surface area contributed by atoms with E-state index in [1.165, 1.54) is 0 Å². The van der Waals surface area contributed by atoms with Crippen molar-refractivity contribution in [3.63, 3.8) is 0 Å². The molecule has 2 aromatic carbocycles. The average Bonchev–Trinajstić information content (AvgIpc) is 2.96. The van der Waals surface area contributed by atoms with Gasteiger partial charge in [-0.25, -0.2) is 0 Å². The standard InChI is InChI=1S/C24H25N3O3/c25-14-20(27-24(29)23-15-26-10-1-11-30-23)12-16-2-4-17(5-3-16)19-7-6-18-8-9-22(28)21(18)13-19/h2-7,13,20,23,26H,1,8-12,15H2,(H,27,29)/t20-,23-/m0/s1. The summed E-state index contributed by atoms with van der Waals surface area (Å²) in [6.07, 6.45) is 2.16. The first kappa shape index (κ1) is 20.3. The molecule has 0 spiro atoms. The molecular formula is C24H25N3O3. The predicted octanol–water partition coefficient (Wildman–Crippen LogP) is 2.41. The highest BCUT2D eigenvalue weighted by Gasteiger charge is 2.23. The van der Waals surface area contributed by atoms with Crippen LogP contribution in [0.4, 0.5) is 0 Å². The van der Waals surface area contributed by atoms with Gasteiger partial charge in [0.15, 0.2) is 5.78 Å². The molecule has 1 amide bonds. The van der Waals surface area contributed by atoms with Crippen LogP contribution in [0.5, 0.6) is 0 Å². The van der Waals surface area contributed by atoms with Gasteiger partial charge >= 0.3 is 0 Å². The molecule has 2 atom stereocenters. The first-order valence-corrected chi connectivity index (χ1v) is 10.4. The third-order valence-corrected chi connectivity index (χ3v) is 5.67. The summed E-state index contributed by atoms with van der Waals surface area (Å²) in [6, 6.07) is 15.5. The van der Waals surface area contributed by atoms with Gasteiger partial charge in [0.2, 0.25) is 0 Å². The number of benzene rings is 2. The summed E-state index contributed by atoms with van der Waals surface area (Å²) >= 11 is 0. The van der Waals surface area contributed by atoms with Gasteiger partial charge in [0.05, 0.1) is 6.07 Å². The molecule has 1 heterocycles. The van der Waals surface area contributed by atoms with E-state index >= 15 is 0 Å². The molecule has 1 aliphatic carbocycles. The van der Waals surface area contributed by atoms with Crippen LogP contribution in [0.15, 0.2) is 42.5 Å². The minimum atomic E-state index is -0.618. The molecule has 0 aromatic heterocycles. The summed E-state index contributed by atoms with van der Waals surface area (Å²) in [5, 5.41) is 15.4. The van der Waals surface area contributed by atoms with E-state index in [2.05, 4.69) is 16.7 Å². The van der Waals surface area contributed by atoms with Crippen LogP contribution in [0.3, 0.4) is 0 Å². The Bertz CT molecular complexity index is 970. The molecule has 2 aromatic rings. The Balaban J connectivity index is 1.40.